The molecule has 0 unspecified atom stereocenters. The van der Waals surface area contributed by atoms with Crippen LogP contribution in [0.25, 0.3) is 0 Å². The van der Waals surface area contributed by atoms with Gasteiger partial charge >= 0.3 is 0 Å². The van der Waals surface area contributed by atoms with Gasteiger partial charge in [0, 0.05) is 5.92 Å². The van der Waals surface area contributed by atoms with Crippen molar-refractivity contribution in [3.8, 4) is 0 Å². The van der Waals surface area contributed by atoms with Gasteiger partial charge in [-0.1, -0.05) is 20.8 Å². The number of carbonyl (C=O) groups excluding carboxylic acids is 1. The Morgan fingerprint density at radius 3 is 2.00 bits per heavy atom. The van der Waals surface area contributed by atoms with E-state index in [2.05, 4.69) is 20.8 Å². The molecule has 0 bridgehead atoms. The van der Waals surface area contributed by atoms with Gasteiger partial charge < -0.3 is 0 Å². The Labute approximate surface area is 69.2 Å². The van der Waals surface area contributed by atoms with E-state index in [0.29, 0.717) is 17.1 Å². The summed E-state index contributed by atoms with van der Waals surface area (Å²) < 4.78 is 0. The van der Waals surface area contributed by atoms with E-state index >= 15 is 0 Å². The highest BCUT2D eigenvalue weighted by Crippen LogP contribution is 2.45. The molecule has 1 aliphatic carbocycles. The molecule has 0 N–H and O–H groups in total. The third-order valence-electron chi connectivity index (χ3n) is 2.94. The molecule has 0 saturated heterocycles. The fraction of sp³-hybridized carbons (Fsp3) is 0.900. The summed E-state index contributed by atoms with van der Waals surface area (Å²) in [5.41, 5.74) is 0.409. The zero-order chi connectivity index (χ0) is 8.65. The first kappa shape index (κ1) is 8.76. The van der Waals surface area contributed by atoms with Crippen LogP contribution in [-0.4, -0.2) is 5.78 Å². The quantitative estimate of drug-likeness (QED) is 0.567. The predicted octanol–water partition coefficient (Wildman–Crippen LogP) is 2.65. The van der Waals surface area contributed by atoms with E-state index in [9.17, 15) is 4.79 Å². The van der Waals surface area contributed by atoms with E-state index in [1.165, 1.54) is 0 Å². The first-order valence-corrected chi connectivity index (χ1v) is 4.41. The fourth-order valence-electron chi connectivity index (χ4n) is 1.66. The Kier molecular flexibility index (Phi) is 2.08. The largest absolute Gasteiger partial charge is 0.300 e. The summed E-state index contributed by atoms with van der Waals surface area (Å²) in [6, 6.07) is 0. The molecular formula is C10H18O. The van der Waals surface area contributed by atoms with Crippen molar-refractivity contribution >= 4 is 5.78 Å². The van der Waals surface area contributed by atoms with Gasteiger partial charge in [-0.3, -0.25) is 4.79 Å². The minimum absolute atomic E-state index is 0.380. The molecule has 0 aromatic heterocycles. The van der Waals surface area contributed by atoms with E-state index in [4.69, 9.17) is 0 Å². The molecular weight excluding hydrogens is 136 g/mol. The van der Waals surface area contributed by atoms with Crippen LogP contribution in [0.1, 0.15) is 40.5 Å². The van der Waals surface area contributed by atoms with Crippen LogP contribution in [0.15, 0.2) is 0 Å². The summed E-state index contributed by atoms with van der Waals surface area (Å²) >= 11 is 0. The molecule has 1 heteroatoms. The van der Waals surface area contributed by atoms with Crippen molar-refractivity contribution in [2.24, 2.45) is 17.3 Å². The van der Waals surface area contributed by atoms with Gasteiger partial charge in [0.2, 0.25) is 0 Å². The van der Waals surface area contributed by atoms with Gasteiger partial charge in [-0.05, 0) is 31.1 Å². The van der Waals surface area contributed by atoms with Gasteiger partial charge in [-0.15, -0.1) is 0 Å². The molecule has 0 aromatic carbocycles. The number of hydrogen-bond acceptors (Lipinski definition) is 1. The van der Waals surface area contributed by atoms with Crippen LogP contribution in [0.5, 0.6) is 0 Å². The van der Waals surface area contributed by atoms with Gasteiger partial charge in [-0.25, -0.2) is 0 Å². The van der Waals surface area contributed by atoms with Crippen molar-refractivity contribution in [1.82, 2.24) is 0 Å². The lowest BCUT2D eigenvalue weighted by Crippen LogP contribution is -2.36. The van der Waals surface area contributed by atoms with Crippen LogP contribution in [-0.2, 0) is 4.79 Å². The Hall–Kier alpha value is -0.330. The summed E-state index contributed by atoms with van der Waals surface area (Å²) in [4.78, 5) is 10.9. The summed E-state index contributed by atoms with van der Waals surface area (Å²) in [5, 5.41) is 0. The number of carbonyl (C=O) groups is 1. The first-order valence-electron chi connectivity index (χ1n) is 4.41. The molecule has 0 radical (unpaired) electrons. The highest BCUT2D eigenvalue weighted by molar-refractivity contribution is 5.79. The maximum Gasteiger partial charge on any atom is 0.132 e. The Balaban J connectivity index is 2.35. The summed E-state index contributed by atoms with van der Waals surface area (Å²) in [7, 11) is 0. The highest BCUT2D eigenvalue weighted by atomic mass is 16.1. The Morgan fingerprint density at radius 2 is 1.73 bits per heavy atom. The lowest BCUT2D eigenvalue weighted by atomic mass is 9.62. The number of Topliss-reactive ketones (excluding diaryl/α,β-unsaturated/α-hetero) is 1. The minimum atomic E-state index is 0.380. The molecule has 1 nitrogen and oxygen atoms in total. The SMILES string of the molecule is CC(=O)C1CC(C(C)(C)C)C1. The van der Waals surface area contributed by atoms with Crippen LogP contribution in [0.3, 0.4) is 0 Å². The zero-order valence-corrected chi connectivity index (χ0v) is 7.98. The second-order valence-corrected chi connectivity index (χ2v) is 4.84. The third kappa shape index (κ3) is 1.82. The molecule has 0 atom stereocenters. The average Bonchev–Trinajstić information content (AvgIpc) is 1.51. The van der Waals surface area contributed by atoms with Crippen molar-refractivity contribution in [3.05, 3.63) is 0 Å². The van der Waals surface area contributed by atoms with Crippen LogP contribution in [0.2, 0.25) is 0 Å². The third-order valence-corrected chi connectivity index (χ3v) is 2.94. The van der Waals surface area contributed by atoms with Crippen molar-refractivity contribution in [2.75, 3.05) is 0 Å². The summed E-state index contributed by atoms with van der Waals surface area (Å²) in [5.74, 6) is 1.54. The topological polar surface area (TPSA) is 17.1 Å². The van der Waals surface area contributed by atoms with Gasteiger partial charge in [0.15, 0.2) is 0 Å². The Bertz CT molecular complexity index is 158. The molecule has 1 rings (SSSR count). The second kappa shape index (κ2) is 2.62. The standard InChI is InChI=1S/C10H18O/c1-7(11)8-5-9(6-8)10(2,3)4/h8-9H,5-6H2,1-4H3. The predicted molar refractivity (Wildman–Crippen MR) is 46.4 cm³/mol. The summed E-state index contributed by atoms with van der Waals surface area (Å²) in [6.45, 7) is 8.49. The summed E-state index contributed by atoms with van der Waals surface area (Å²) in [6.07, 6.45) is 2.25. The van der Waals surface area contributed by atoms with E-state index in [-0.39, 0.29) is 0 Å². The lowest BCUT2D eigenvalue weighted by Gasteiger charge is -2.42. The number of rotatable bonds is 1. The lowest BCUT2D eigenvalue weighted by molar-refractivity contribution is -0.126. The molecule has 0 heterocycles. The van der Waals surface area contributed by atoms with Crippen molar-refractivity contribution < 1.29 is 4.79 Å². The smallest absolute Gasteiger partial charge is 0.132 e. The van der Waals surface area contributed by atoms with Gasteiger partial charge in [0.05, 0.1) is 0 Å². The molecule has 0 amide bonds. The van der Waals surface area contributed by atoms with Crippen LogP contribution >= 0.6 is 0 Å². The molecule has 1 fully saturated rings. The zero-order valence-electron chi connectivity index (χ0n) is 7.98. The molecule has 0 aromatic rings. The van der Waals surface area contributed by atoms with Crippen molar-refractivity contribution in [3.63, 3.8) is 0 Å². The van der Waals surface area contributed by atoms with Gasteiger partial charge in [-0.2, -0.15) is 0 Å². The molecule has 64 valence electrons. The number of hydrogen-bond donors (Lipinski definition) is 0. The molecule has 1 aliphatic rings. The van der Waals surface area contributed by atoms with Gasteiger partial charge in [0.25, 0.3) is 0 Å². The normalized spacial score (nSPS) is 31.3. The van der Waals surface area contributed by atoms with Crippen LogP contribution in [0, 0.1) is 17.3 Å². The van der Waals surface area contributed by atoms with Crippen molar-refractivity contribution in [2.45, 2.75) is 40.5 Å². The maximum atomic E-state index is 10.9. The molecule has 0 aliphatic heterocycles. The van der Waals surface area contributed by atoms with Gasteiger partial charge in [0.1, 0.15) is 5.78 Å². The second-order valence-electron chi connectivity index (χ2n) is 4.84. The highest BCUT2D eigenvalue weighted by Gasteiger charge is 2.38. The molecule has 1 saturated carbocycles. The number of ketones is 1. The van der Waals surface area contributed by atoms with Crippen molar-refractivity contribution in [1.29, 1.82) is 0 Å². The van der Waals surface area contributed by atoms with Crippen LogP contribution < -0.4 is 0 Å². The fourth-order valence-corrected chi connectivity index (χ4v) is 1.66. The monoisotopic (exact) mass is 154 g/mol. The first-order chi connectivity index (χ1) is 4.91. The van der Waals surface area contributed by atoms with E-state index < -0.39 is 0 Å². The average molecular weight is 154 g/mol. The Morgan fingerprint density at radius 1 is 1.27 bits per heavy atom. The van der Waals surface area contributed by atoms with Crippen LogP contribution in [0.4, 0.5) is 0 Å². The van der Waals surface area contributed by atoms with E-state index in [1.807, 2.05) is 0 Å². The van der Waals surface area contributed by atoms with E-state index in [0.717, 1.165) is 18.8 Å². The molecule has 0 spiro atoms. The minimum Gasteiger partial charge on any atom is -0.300 e. The molecule has 11 heavy (non-hydrogen) atoms. The van der Waals surface area contributed by atoms with E-state index in [1.54, 1.807) is 6.92 Å². The maximum absolute atomic E-state index is 10.9.